The monoisotopic (exact) mass is 313 g/mol. The van der Waals surface area contributed by atoms with E-state index in [1.165, 1.54) is 0 Å². The highest BCUT2D eigenvalue weighted by molar-refractivity contribution is 6.30. The van der Waals surface area contributed by atoms with Gasteiger partial charge in [-0.05, 0) is 30.2 Å². The van der Waals surface area contributed by atoms with Gasteiger partial charge in [0.25, 0.3) is 0 Å². The number of hydrazine groups is 1. The first-order valence-electron chi connectivity index (χ1n) is 7.43. The lowest BCUT2D eigenvalue weighted by atomic mass is 10.1. The highest BCUT2D eigenvalue weighted by Gasteiger charge is 2.47. The van der Waals surface area contributed by atoms with Crippen molar-refractivity contribution < 1.29 is 4.79 Å². The number of amides is 2. The van der Waals surface area contributed by atoms with Gasteiger partial charge in [-0.1, -0.05) is 48.0 Å². The number of benzene rings is 2. The molecule has 1 atom stereocenters. The van der Waals surface area contributed by atoms with Crippen molar-refractivity contribution in [3.8, 4) is 0 Å². The number of carbonyl (C=O) groups excluding carboxylic acids is 1. The van der Waals surface area contributed by atoms with E-state index in [-0.39, 0.29) is 12.2 Å². The van der Waals surface area contributed by atoms with Crippen molar-refractivity contribution in [1.82, 2.24) is 10.0 Å². The van der Waals surface area contributed by atoms with Crippen LogP contribution in [-0.4, -0.2) is 29.1 Å². The van der Waals surface area contributed by atoms with Crippen LogP contribution in [0.4, 0.5) is 10.5 Å². The van der Waals surface area contributed by atoms with Crippen LogP contribution in [0.5, 0.6) is 0 Å². The lowest BCUT2D eigenvalue weighted by molar-refractivity contribution is 0.0728. The number of carbonyl (C=O) groups is 1. The highest BCUT2D eigenvalue weighted by Crippen LogP contribution is 2.40. The zero-order chi connectivity index (χ0) is 15.1. The van der Waals surface area contributed by atoms with Crippen molar-refractivity contribution in [1.29, 1.82) is 0 Å². The Morgan fingerprint density at radius 3 is 2.59 bits per heavy atom. The molecule has 0 unspecified atom stereocenters. The van der Waals surface area contributed by atoms with Crippen LogP contribution >= 0.6 is 11.6 Å². The van der Waals surface area contributed by atoms with Gasteiger partial charge in [-0.25, -0.2) is 4.79 Å². The van der Waals surface area contributed by atoms with E-state index in [2.05, 4.69) is 17.1 Å². The van der Waals surface area contributed by atoms with Crippen molar-refractivity contribution in [2.45, 2.75) is 12.6 Å². The molecule has 2 aliphatic heterocycles. The molecule has 2 aromatic rings. The van der Waals surface area contributed by atoms with Crippen molar-refractivity contribution >= 4 is 23.3 Å². The molecule has 0 aromatic heterocycles. The van der Waals surface area contributed by atoms with E-state index >= 15 is 0 Å². The third-order valence-electron chi connectivity index (χ3n) is 4.21. The molecule has 112 valence electrons. The highest BCUT2D eigenvalue weighted by atomic mass is 35.5. The SMILES string of the molecule is O=C1N(c2cccc(Cl)c2)[C@@H](c2ccccc2)N2CCCN12. The minimum atomic E-state index is -0.102. The molecule has 0 aliphatic carbocycles. The van der Waals surface area contributed by atoms with Crippen LogP contribution in [0.2, 0.25) is 5.02 Å². The van der Waals surface area contributed by atoms with E-state index in [9.17, 15) is 4.79 Å². The lowest BCUT2D eigenvalue weighted by Crippen LogP contribution is -2.32. The Bertz CT molecular complexity index is 706. The molecular weight excluding hydrogens is 298 g/mol. The average Bonchev–Trinajstić information content (AvgIpc) is 3.10. The Balaban J connectivity index is 1.82. The van der Waals surface area contributed by atoms with Crippen molar-refractivity contribution in [2.24, 2.45) is 0 Å². The average molecular weight is 314 g/mol. The minimum Gasteiger partial charge on any atom is -0.271 e. The normalized spacial score (nSPS) is 21.5. The second-order valence-electron chi connectivity index (χ2n) is 5.56. The molecule has 0 bridgehead atoms. The zero-order valence-corrected chi connectivity index (χ0v) is 12.8. The van der Waals surface area contributed by atoms with E-state index in [1.54, 1.807) is 0 Å². The van der Waals surface area contributed by atoms with Gasteiger partial charge in [0.1, 0.15) is 6.17 Å². The van der Waals surface area contributed by atoms with Gasteiger partial charge in [0, 0.05) is 23.8 Å². The minimum absolute atomic E-state index is 0.0219. The summed E-state index contributed by atoms with van der Waals surface area (Å²) in [5.41, 5.74) is 1.95. The number of rotatable bonds is 2. The number of hydrogen-bond acceptors (Lipinski definition) is 2. The molecule has 0 radical (unpaired) electrons. The summed E-state index contributed by atoms with van der Waals surface area (Å²) < 4.78 is 0. The lowest BCUT2D eigenvalue weighted by Gasteiger charge is -2.28. The molecule has 5 heteroatoms. The third kappa shape index (κ3) is 2.07. The summed E-state index contributed by atoms with van der Waals surface area (Å²) in [4.78, 5) is 14.7. The Morgan fingerprint density at radius 2 is 1.82 bits per heavy atom. The second-order valence-corrected chi connectivity index (χ2v) is 5.99. The Kier molecular flexibility index (Phi) is 3.28. The summed E-state index contributed by atoms with van der Waals surface area (Å²) in [7, 11) is 0. The standard InChI is InChI=1S/C17H16ClN3O/c18-14-8-4-9-15(12-14)21-16(13-6-2-1-3-7-13)19-10-5-11-20(19)17(21)22/h1-4,6-9,12,16H,5,10-11H2/t16-/m0/s1. The van der Waals surface area contributed by atoms with E-state index in [4.69, 9.17) is 11.6 Å². The zero-order valence-electron chi connectivity index (χ0n) is 12.0. The molecule has 0 saturated carbocycles. The van der Waals surface area contributed by atoms with Gasteiger partial charge in [-0.15, -0.1) is 0 Å². The summed E-state index contributed by atoms with van der Waals surface area (Å²) >= 11 is 6.12. The van der Waals surface area contributed by atoms with Crippen molar-refractivity contribution in [3.63, 3.8) is 0 Å². The molecule has 0 spiro atoms. The van der Waals surface area contributed by atoms with Crippen LogP contribution in [0.3, 0.4) is 0 Å². The number of hydrogen-bond donors (Lipinski definition) is 0. The smallest absolute Gasteiger partial charge is 0.271 e. The first-order chi connectivity index (χ1) is 10.8. The number of fused-ring (bicyclic) bond motifs is 1. The summed E-state index contributed by atoms with van der Waals surface area (Å²) in [6.07, 6.45) is 0.910. The number of nitrogens with zero attached hydrogens (tertiary/aromatic N) is 3. The first-order valence-corrected chi connectivity index (χ1v) is 7.81. The maximum atomic E-state index is 12.8. The first kappa shape index (κ1) is 13.6. The molecule has 4 nitrogen and oxygen atoms in total. The summed E-state index contributed by atoms with van der Waals surface area (Å²) in [5.74, 6) is 0. The molecule has 0 N–H and O–H groups in total. The number of halogens is 1. The van der Waals surface area contributed by atoms with E-state index in [0.717, 1.165) is 30.8 Å². The van der Waals surface area contributed by atoms with Gasteiger partial charge in [0.15, 0.2) is 0 Å². The van der Waals surface area contributed by atoms with Gasteiger partial charge in [-0.2, -0.15) is 5.01 Å². The van der Waals surface area contributed by atoms with Crippen molar-refractivity contribution in [2.75, 3.05) is 18.0 Å². The van der Waals surface area contributed by atoms with Crippen LogP contribution < -0.4 is 4.90 Å². The molecule has 2 aromatic carbocycles. The van der Waals surface area contributed by atoms with E-state index < -0.39 is 0 Å². The van der Waals surface area contributed by atoms with Crippen LogP contribution in [0.15, 0.2) is 54.6 Å². The van der Waals surface area contributed by atoms with Crippen LogP contribution in [-0.2, 0) is 0 Å². The molecule has 2 fully saturated rings. The van der Waals surface area contributed by atoms with Crippen molar-refractivity contribution in [3.05, 3.63) is 65.2 Å². The summed E-state index contributed by atoms with van der Waals surface area (Å²) in [5, 5.41) is 4.64. The Hall–Kier alpha value is -2.04. The largest absolute Gasteiger partial charge is 0.340 e. The Labute approximate surface area is 134 Å². The topological polar surface area (TPSA) is 26.8 Å². The molecule has 22 heavy (non-hydrogen) atoms. The molecular formula is C17H16ClN3O. The summed E-state index contributed by atoms with van der Waals surface area (Å²) in [6.45, 7) is 1.67. The van der Waals surface area contributed by atoms with E-state index in [0.29, 0.717) is 5.02 Å². The van der Waals surface area contributed by atoms with Crippen LogP contribution in [0.1, 0.15) is 18.2 Å². The fraction of sp³-hybridized carbons (Fsp3) is 0.235. The van der Waals surface area contributed by atoms with Crippen LogP contribution in [0.25, 0.3) is 0 Å². The van der Waals surface area contributed by atoms with Gasteiger partial charge < -0.3 is 0 Å². The predicted molar refractivity (Wildman–Crippen MR) is 86.5 cm³/mol. The predicted octanol–water partition coefficient (Wildman–Crippen LogP) is 3.90. The van der Waals surface area contributed by atoms with Gasteiger partial charge in [0.2, 0.25) is 0 Å². The third-order valence-corrected chi connectivity index (χ3v) is 4.44. The maximum Gasteiger partial charge on any atom is 0.340 e. The Morgan fingerprint density at radius 1 is 1.00 bits per heavy atom. The maximum absolute atomic E-state index is 12.8. The van der Waals surface area contributed by atoms with E-state index in [1.807, 2.05) is 52.4 Å². The second kappa shape index (κ2) is 5.30. The number of anilines is 1. The number of urea groups is 1. The fourth-order valence-electron chi connectivity index (χ4n) is 3.28. The van der Waals surface area contributed by atoms with Gasteiger partial charge in [-0.3, -0.25) is 9.91 Å². The van der Waals surface area contributed by atoms with Gasteiger partial charge in [0.05, 0.1) is 0 Å². The molecule has 2 heterocycles. The fourth-order valence-corrected chi connectivity index (χ4v) is 3.46. The molecule has 2 amide bonds. The summed E-state index contributed by atoms with van der Waals surface area (Å²) in [6, 6.07) is 17.6. The molecule has 2 aliphatic rings. The van der Waals surface area contributed by atoms with Gasteiger partial charge >= 0.3 is 6.03 Å². The molecule has 4 rings (SSSR count). The quantitative estimate of drug-likeness (QED) is 0.840. The molecule has 2 saturated heterocycles. The van der Waals surface area contributed by atoms with Crippen LogP contribution in [0, 0.1) is 0 Å².